The van der Waals surface area contributed by atoms with Crippen molar-refractivity contribution in [2.24, 2.45) is 0 Å². The Kier molecular flexibility index (Phi) is 6.35. The van der Waals surface area contributed by atoms with E-state index in [-0.39, 0.29) is 26.9 Å². The lowest BCUT2D eigenvalue weighted by atomic mass is 9.98. The van der Waals surface area contributed by atoms with Crippen molar-refractivity contribution in [3.63, 3.8) is 0 Å². The molecular formula is C24H17Cl2FN2O4. The maximum atomic E-state index is 13.8. The fraction of sp³-hybridized carbons (Fsp3) is 0.125. The predicted octanol–water partition coefficient (Wildman–Crippen LogP) is 5.55. The molecule has 1 aliphatic heterocycles. The molecule has 3 aromatic rings. The number of aromatic nitrogens is 1. The first kappa shape index (κ1) is 22.8. The Morgan fingerprint density at radius 2 is 1.91 bits per heavy atom. The van der Waals surface area contributed by atoms with Gasteiger partial charge in [0.05, 0.1) is 27.9 Å². The van der Waals surface area contributed by atoms with Gasteiger partial charge in [0.2, 0.25) is 0 Å². The first-order chi connectivity index (χ1) is 15.8. The minimum Gasteiger partial charge on any atom is -0.507 e. The van der Waals surface area contributed by atoms with Crippen LogP contribution < -0.4 is 9.64 Å². The van der Waals surface area contributed by atoms with E-state index in [0.29, 0.717) is 18.1 Å². The highest BCUT2D eigenvalue weighted by atomic mass is 35.5. The third-order valence-corrected chi connectivity index (χ3v) is 5.72. The van der Waals surface area contributed by atoms with Gasteiger partial charge in [-0.15, -0.1) is 0 Å². The van der Waals surface area contributed by atoms with Gasteiger partial charge in [-0.2, -0.15) is 0 Å². The summed E-state index contributed by atoms with van der Waals surface area (Å²) >= 11 is 12.2. The Hall–Kier alpha value is -3.42. The van der Waals surface area contributed by atoms with Crippen molar-refractivity contribution in [1.29, 1.82) is 0 Å². The number of rotatable bonds is 5. The fourth-order valence-corrected chi connectivity index (χ4v) is 4.02. The summed E-state index contributed by atoms with van der Waals surface area (Å²) in [6, 6.07) is 12.2. The van der Waals surface area contributed by atoms with Gasteiger partial charge in [0.25, 0.3) is 11.7 Å². The van der Waals surface area contributed by atoms with Crippen LogP contribution in [0.4, 0.5) is 10.1 Å². The molecule has 6 nitrogen and oxygen atoms in total. The number of pyridine rings is 1. The average Bonchev–Trinajstić information content (AvgIpc) is 3.08. The Bertz CT molecular complexity index is 1280. The maximum Gasteiger partial charge on any atom is 0.300 e. The number of nitrogens with zero attached hydrogens (tertiary/aromatic N) is 2. The van der Waals surface area contributed by atoms with E-state index in [4.69, 9.17) is 27.9 Å². The first-order valence-electron chi connectivity index (χ1n) is 9.93. The normalized spacial score (nSPS) is 17.5. The second-order valence-corrected chi connectivity index (χ2v) is 7.91. The molecule has 1 saturated heterocycles. The molecule has 0 radical (unpaired) electrons. The van der Waals surface area contributed by atoms with Crippen molar-refractivity contribution >= 4 is 46.3 Å². The van der Waals surface area contributed by atoms with E-state index >= 15 is 0 Å². The lowest BCUT2D eigenvalue weighted by Crippen LogP contribution is -2.29. The summed E-state index contributed by atoms with van der Waals surface area (Å²) in [5.41, 5.74) is 0.400. The summed E-state index contributed by atoms with van der Waals surface area (Å²) in [7, 11) is 0. The SMILES string of the molecule is CCOc1ccc(Cl)c(/C(O)=C2\C(=O)C(=O)N(c3ccc(F)c(Cl)c3)C2c2ccccn2)c1. The van der Waals surface area contributed by atoms with E-state index < -0.39 is 29.3 Å². The number of halogens is 3. The van der Waals surface area contributed by atoms with Crippen molar-refractivity contribution in [2.75, 3.05) is 11.5 Å². The molecular weight excluding hydrogens is 470 g/mol. The number of aliphatic hydroxyl groups is 1. The third kappa shape index (κ3) is 4.17. The summed E-state index contributed by atoms with van der Waals surface area (Å²) in [4.78, 5) is 31.6. The molecule has 1 amide bonds. The predicted molar refractivity (Wildman–Crippen MR) is 123 cm³/mol. The summed E-state index contributed by atoms with van der Waals surface area (Å²) < 4.78 is 19.2. The second kappa shape index (κ2) is 9.21. The van der Waals surface area contributed by atoms with E-state index in [2.05, 4.69) is 4.98 Å². The molecule has 1 fully saturated rings. The van der Waals surface area contributed by atoms with Gasteiger partial charge in [0.1, 0.15) is 23.4 Å². The van der Waals surface area contributed by atoms with Gasteiger partial charge in [-0.25, -0.2) is 4.39 Å². The van der Waals surface area contributed by atoms with Crippen LogP contribution in [-0.2, 0) is 9.59 Å². The maximum absolute atomic E-state index is 13.8. The summed E-state index contributed by atoms with van der Waals surface area (Å²) in [6.07, 6.45) is 1.50. The molecule has 0 saturated carbocycles. The number of anilines is 1. The highest BCUT2D eigenvalue weighted by Gasteiger charge is 2.48. The third-order valence-electron chi connectivity index (χ3n) is 5.10. The summed E-state index contributed by atoms with van der Waals surface area (Å²) in [5.74, 6) is -2.59. The molecule has 9 heteroatoms. The molecule has 1 aromatic heterocycles. The molecule has 168 valence electrons. The zero-order chi connectivity index (χ0) is 23.7. The van der Waals surface area contributed by atoms with Gasteiger partial charge >= 0.3 is 0 Å². The van der Waals surface area contributed by atoms with Crippen LogP contribution in [0.1, 0.15) is 24.2 Å². The molecule has 1 unspecified atom stereocenters. The average molecular weight is 487 g/mol. The van der Waals surface area contributed by atoms with Crippen LogP contribution in [0.25, 0.3) is 5.76 Å². The van der Waals surface area contributed by atoms with Gasteiger partial charge in [-0.3, -0.25) is 19.5 Å². The lowest BCUT2D eigenvalue weighted by molar-refractivity contribution is -0.132. The molecule has 0 spiro atoms. The summed E-state index contributed by atoms with van der Waals surface area (Å²) in [6.45, 7) is 2.18. The number of Topliss-reactive ketones (excluding diaryl/α,β-unsaturated/α-hetero) is 1. The van der Waals surface area contributed by atoms with Crippen LogP contribution in [0.2, 0.25) is 10.0 Å². The minimum atomic E-state index is -1.10. The highest BCUT2D eigenvalue weighted by Crippen LogP contribution is 2.43. The van der Waals surface area contributed by atoms with E-state index in [9.17, 15) is 19.1 Å². The number of carbonyl (C=O) groups is 2. The summed E-state index contributed by atoms with van der Waals surface area (Å²) in [5, 5.41) is 11.1. The fourth-order valence-electron chi connectivity index (χ4n) is 3.64. The number of hydrogen-bond donors (Lipinski definition) is 1. The zero-order valence-electron chi connectivity index (χ0n) is 17.3. The van der Waals surface area contributed by atoms with Gasteiger partial charge < -0.3 is 9.84 Å². The first-order valence-corrected chi connectivity index (χ1v) is 10.7. The zero-order valence-corrected chi connectivity index (χ0v) is 18.8. The highest BCUT2D eigenvalue weighted by molar-refractivity contribution is 6.52. The van der Waals surface area contributed by atoms with E-state index in [1.54, 1.807) is 31.2 Å². The second-order valence-electron chi connectivity index (χ2n) is 7.10. The topological polar surface area (TPSA) is 79.7 Å². The molecule has 1 N–H and O–H groups in total. The Morgan fingerprint density at radius 3 is 2.58 bits per heavy atom. The molecule has 0 bridgehead atoms. The number of amides is 1. The van der Waals surface area contributed by atoms with Crippen molar-refractivity contribution < 1.29 is 23.8 Å². The van der Waals surface area contributed by atoms with Gasteiger partial charge in [0.15, 0.2) is 0 Å². The van der Waals surface area contributed by atoms with Gasteiger partial charge in [-0.1, -0.05) is 29.3 Å². The number of benzene rings is 2. The molecule has 2 heterocycles. The van der Waals surface area contributed by atoms with Crippen LogP contribution in [0.15, 0.2) is 66.4 Å². The monoisotopic (exact) mass is 486 g/mol. The minimum absolute atomic E-state index is 0.124. The molecule has 1 atom stereocenters. The molecule has 0 aliphatic carbocycles. The van der Waals surface area contributed by atoms with Crippen LogP contribution in [0.3, 0.4) is 0 Å². The number of ketones is 1. The smallest absolute Gasteiger partial charge is 0.300 e. The standard InChI is InChI=1S/C24H17Cl2FN2O4/c1-2-33-14-7-8-16(25)15(12-14)22(30)20-21(19-5-3-4-10-28-19)29(24(32)23(20)31)13-6-9-18(27)17(26)11-13/h3-12,21,30H,2H2,1H3/b22-20+. The van der Waals surface area contributed by atoms with Crippen LogP contribution in [0, 0.1) is 5.82 Å². The van der Waals surface area contributed by atoms with Crippen LogP contribution >= 0.6 is 23.2 Å². The van der Waals surface area contributed by atoms with Crippen molar-refractivity contribution in [3.05, 3.63) is 93.5 Å². The molecule has 4 rings (SSSR count). The largest absolute Gasteiger partial charge is 0.507 e. The Labute approximate surface area is 198 Å². The quantitative estimate of drug-likeness (QED) is 0.290. The van der Waals surface area contributed by atoms with Crippen molar-refractivity contribution in [2.45, 2.75) is 13.0 Å². The lowest BCUT2D eigenvalue weighted by Gasteiger charge is -2.25. The molecule has 33 heavy (non-hydrogen) atoms. The van der Waals surface area contributed by atoms with Crippen LogP contribution in [-0.4, -0.2) is 28.4 Å². The Balaban J connectivity index is 1.95. The van der Waals surface area contributed by atoms with Crippen molar-refractivity contribution in [3.8, 4) is 5.75 Å². The van der Waals surface area contributed by atoms with Gasteiger partial charge in [0, 0.05) is 17.4 Å². The molecule has 2 aromatic carbocycles. The Morgan fingerprint density at radius 1 is 1.12 bits per heavy atom. The number of hydrogen-bond acceptors (Lipinski definition) is 5. The number of aliphatic hydroxyl groups excluding tert-OH is 1. The van der Waals surface area contributed by atoms with E-state index in [1.807, 2.05) is 0 Å². The van der Waals surface area contributed by atoms with Crippen LogP contribution in [0.5, 0.6) is 5.75 Å². The van der Waals surface area contributed by atoms with Crippen molar-refractivity contribution in [1.82, 2.24) is 4.98 Å². The van der Waals surface area contributed by atoms with E-state index in [0.717, 1.165) is 11.0 Å². The van der Waals surface area contributed by atoms with Gasteiger partial charge in [-0.05, 0) is 55.5 Å². The number of carbonyl (C=O) groups excluding carboxylic acids is 2. The molecule has 1 aliphatic rings. The number of ether oxygens (including phenoxy) is 1. The van der Waals surface area contributed by atoms with E-state index in [1.165, 1.54) is 30.5 Å².